The normalized spacial score (nSPS) is 12.0. The van der Waals surface area contributed by atoms with Crippen LogP contribution in [0.1, 0.15) is 43.5 Å². The molecule has 0 aliphatic rings. The average Bonchev–Trinajstić information content (AvgIpc) is 2.46. The first kappa shape index (κ1) is 16.3. The highest BCUT2D eigenvalue weighted by atomic mass is 16.7. The molecule has 1 aromatic rings. The molecule has 0 bridgehead atoms. The highest BCUT2D eigenvalue weighted by Crippen LogP contribution is 2.23. The van der Waals surface area contributed by atoms with Gasteiger partial charge in [-0.2, -0.15) is 0 Å². The van der Waals surface area contributed by atoms with E-state index in [0.29, 0.717) is 17.3 Å². The first-order valence-electron chi connectivity index (χ1n) is 7.01. The summed E-state index contributed by atoms with van der Waals surface area (Å²) in [6.07, 6.45) is 3.27. The van der Waals surface area contributed by atoms with E-state index in [1.54, 1.807) is 19.2 Å². The molecule has 0 aliphatic carbocycles. The van der Waals surface area contributed by atoms with E-state index < -0.39 is 0 Å². The van der Waals surface area contributed by atoms with E-state index in [1.165, 1.54) is 12.2 Å². The molecule has 1 aromatic carbocycles. The maximum Gasteiger partial charge on any atom is 0.277 e. The molecule has 0 saturated heterocycles. The van der Waals surface area contributed by atoms with Crippen molar-refractivity contribution in [3.05, 3.63) is 23.8 Å². The number of amides is 1. The molecular formula is C15H25N3O2. The van der Waals surface area contributed by atoms with Crippen molar-refractivity contribution in [2.75, 3.05) is 25.2 Å². The quantitative estimate of drug-likeness (QED) is 0.595. The van der Waals surface area contributed by atoms with Gasteiger partial charge in [0.2, 0.25) is 0 Å². The number of benzene rings is 1. The summed E-state index contributed by atoms with van der Waals surface area (Å²) < 4.78 is 0. The molecule has 5 heteroatoms. The molecule has 0 fully saturated rings. The zero-order chi connectivity index (χ0) is 15.1. The van der Waals surface area contributed by atoms with Gasteiger partial charge in [-0.25, -0.2) is 5.06 Å². The smallest absolute Gasteiger partial charge is 0.277 e. The van der Waals surface area contributed by atoms with Crippen molar-refractivity contribution in [1.29, 1.82) is 0 Å². The summed E-state index contributed by atoms with van der Waals surface area (Å²) in [5.41, 5.74) is 8.00. The fourth-order valence-electron chi connectivity index (χ4n) is 2.04. The molecule has 3 N–H and O–H groups in total. The Bertz CT molecular complexity index is 449. The van der Waals surface area contributed by atoms with Crippen LogP contribution in [-0.2, 0) is 4.84 Å². The molecule has 1 rings (SSSR count). The van der Waals surface area contributed by atoms with Crippen molar-refractivity contribution in [2.24, 2.45) is 0 Å². The van der Waals surface area contributed by atoms with Crippen LogP contribution in [0.3, 0.4) is 0 Å². The number of nitrogens with two attached hydrogens (primary N) is 1. The Labute approximate surface area is 121 Å². The third-order valence-electron chi connectivity index (χ3n) is 3.35. The van der Waals surface area contributed by atoms with Crippen LogP contribution in [0.5, 0.6) is 0 Å². The fourth-order valence-corrected chi connectivity index (χ4v) is 2.04. The second-order valence-corrected chi connectivity index (χ2v) is 4.83. The minimum absolute atomic E-state index is 0.216. The molecule has 0 spiro atoms. The van der Waals surface area contributed by atoms with Gasteiger partial charge in [0.05, 0.1) is 18.5 Å². The van der Waals surface area contributed by atoms with Gasteiger partial charge in [-0.05, 0) is 31.0 Å². The standard InChI is InChI=1S/C15H25N3O2/c1-5-7-12(6-2)17-14-9-8-11(10-13(14)16)15(19)18(3)20-4/h8-10,12,17H,5-7,16H2,1-4H3. The summed E-state index contributed by atoms with van der Waals surface area (Å²) in [5, 5.41) is 4.60. The van der Waals surface area contributed by atoms with E-state index in [0.717, 1.165) is 24.9 Å². The van der Waals surface area contributed by atoms with Crippen LogP contribution in [0.2, 0.25) is 0 Å². The lowest BCUT2D eigenvalue weighted by Gasteiger charge is -2.20. The number of hydroxylamine groups is 2. The van der Waals surface area contributed by atoms with Crippen LogP contribution in [0.4, 0.5) is 11.4 Å². The van der Waals surface area contributed by atoms with Gasteiger partial charge >= 0.3 is 0 Å². The highest BCUT2D eigenvalue weighted by Gasteiger charge is 2.13. The van der Waals surface area contributed by atoms with Crippen LogP contribution >= 0.6 is 0 Å². The molecule has 20 heavy (non-hydrogen) atoms. The van der Waals surface area contributed by atoms with Crippen molar-refractivity contribution >= 4 is 17.3 Å². The number of hydrogen-bond donors (Lipinski definition) is 2. The Balaban J connectivity index is 2.85. The molecule has 1 amide bonds. The van der Waals surface area contributed by atoms with E-state index in [1.807, 2.05) is 6.07 Å². The van der Waals surface area contributed by atoms with Gasteiger partial charge in [0.15, 0.2) is 0 Å². The molecule has 1 unspecified atom stereocenters. The minimum atomic E-state index is -0.216. The van der Waals surface area contributed by atoms with E-state index in [-0.39, 0.29) is 5.91 Å². The lowest BCUT2D eigenvalue weighted by atomic mass is 10.1. The van der Waals surface area contributed by atoms with Gasteiger partial charge in [0.25, 0.3) is 5.91 Å². The van der Waals surface area contributed by atoms with E-state index in [9.17, 15) is 4.79 Å². The third kappa shape index (κ3) is 4.13. The molecule has 0 aromatic heterocycles. The second kappa shape index (κ2) is 7.75. The van der Waals surface area contributed by atoms with Gasteiger partial charge in [-0.15, -0.1) is 0 Å². The lowest BCUT2D eigenvalue weighted by Crippen LogP contribution is -2.25. The molecule has 0 radical (unpaired) electrons. The van der Waals surface area contributed by atoms with Crippen LogP contribution in [-0.4, -0.2) is 31.2 Å². The lowest BCUT2D eigenvalue weighted by molar-refractivity contribution is -0.0756. The zero-order valence-corrected chi connectivity index (χ0v) is 12.8. The van der Waals surface area contributed by atoms with Crippen LogP contribution in [0.25, 0.3) is 0 Å². The SMILES string of the molecule is CCCC(CC)Nc1ccc(C(=O)N(C)OC)cc1N. The Morgan fingerprint density at radius 3 is 2.65 bits per heavy atom. The summed E-state index contributed by atoms with van der Waals surface area (Å²) in [6, 6.07) is 5.70. The predicted molar refractivity (Wildman–Crippen MR) is 82.6 cm³/mol. The fraction of sp³-hybridized carbons (Fsp3) is 0.533. The number of nitrogens with one attached hydrogen (secondary N) is 1. The zero-order valence-electron chi connectivity index (χ0n) is 12.8. The number of nitrogens with zero attached hydrogens (tertiary/aromatic N) is 1. The second-order valence-electron chi connectivity index (χ2n) is 4.83. The summed E-state index contributed by atoms with van der Waals surface area (Å²) in [4.78, 5) is 16.8. The highest BCUT2D eigenvalue weighted by molar-refractivity contribution is 5.95. The summed E-state index contributed by atoms with van der Waals surface area (Å²) in [6.45, 7) is 4.31. The molecule has 112 valence electrons. The van der Waals surface area contributed by atoms with Crippen molar-refractivity contribution in [3.8, 4) is 0 Å². The largest absolute Gasteiger partial charge is 0.397 e. The molecule has 5 nitrogen and oxygen atoms in total. The molecule has 0 aliphatic heterocycles. The Hall–Kier alpha value is -1.75. The maximum atomic E-state index is 11.9. The van der Waals surface area contributed by atoms with Gasteiger partial charge in [0, 0.05) is 18.7 Å². The van der Waals surface area contributed by atoms with Gasteiger partial charge in [-0.1, -0.05) is 20.3 Å². The van der Waals surface area contributed by atoms with Crippen molar-refractivity contribution in [3.63, 3.8) is 0 Å². The molecule has 0 heterocycles. The number of carbonyl (C=O) groups excluding carboxylic acids is 1. The summed E-state index contributed by atoms with van der Waals surface area (Å²) in [5.74, 6) is -0.216. The number of anilines is 2. The topological polar surface area (TPSA) is 67.6 Å². The number of carbonyl (C=O) groups is 1. The van der Waals surface area contributed by atoms with Crippen LogP contribution < -0.4 is 11.1 Å². The first-order chi connectivity index (χ1) is 9.53. The molecule has 1 atom stereocenters. The first-order valence-corrected chi connectivity index (χ1v) is 7.01. The van der Waals surface area contributed by atoms with Crippen molar-refractivity contribution < 1.29 is 9.63 Å². The van der Waals surface area contributed by atoms with Crippen molar-refractivity contribution in [1.82, 2.24) is 5.06 Å². The van der Waals surface area contributed by atoms with E-state index in [2.05, 4.69) is 19.2 Å². The predicted octanol–water partition coefficient (Wildman–Crippen LogP) is 2.89. The number of nitrogen functional groups attached to an aromatic ring is 1. The van der Waals surface area contributed by atoms with E-state index >= 15 is 0 Å². The Kier molecular flexibility index (Phi) is 6.31. The summed E-state index contributed by atoms with van der Waals surface area (Å²) in [7, 11) is 3.02. The maximum absolute atomic E-state index is 11.9. The third-order valence-corrected chi connectivity index (χ3v) is 3.35. The number of hydrogen-bond acceptors (Lipinski definition) is 4. The van der Waals surface area contributed by atoms with Gasteiger partial charge in [-0.3, -0.25) is 9.63 Å². The van der Waals surface area contributed by atoms with Gasteiger partial charge in [0.1, 0.15) is 0 Å². The average molecular weight is 279 g/mol. The Morgan fingerprint density at radius 2 is 2.15 bits per heavy atom. The minimum Gasteiger partial charge on any atom is -0.397 e. The monoisotopic (exact) mass is 279 g/mol. The van der Waals surface area contributed by atoms with E-state index in [4.69, 9.17) is 10.6 Å². The van der Waals surface area contributed by atoms with Crippen molar-refractivity contribution in [2.45, 2.75) is 39.2 Å². The Morgan fingerprint density at radius 1 is 1.45 bits per heavy atom. The molecular weight excluding hydrogens is 254 g/mol. The molecule has 0 saturated carbocycles. The van der Waals surface area contributed by atoms with Crippen LogP contribution in [0, 0.1) is 0 Å². The van der Waals surface area contributed by atoms with Gasteiger partial charge < -0.3 is 11.1 Å². The summed E-state index contributed by atoms with van der Waals surface area (Å²) >= 11 is 0. The van der Waals surface area contributed by atoms with Crippen LogP contribution in [0.15, 0.2) is 18.2 Å². The number of rotatable bonds is 7.